The van der Waals surface area contributed by atoms with Gasteiger partial charge < -0.3 is 9.80 Å². The fourth-order valence-corrected chi connectivity index (χ4v) is 3.47. The van der Waals surface area contributed by atoms with Crippen LogP contribution in [0.3, 0.4) is 0 Å². The van der Waals surface area contributed by atoms with E-state index < -0.39 is 0 Å². The van der Waals surface area contributed by atoms with Crippen LogP contribution < -0.4 is 4.90 Å². The summed E-state index contributed by atoms with van der Waals surface area (Å²) in [5.41, 5.74) is 2.10. The first-order chi connectivity index (χ1) is 8.51. The number of thioether (sulfide) groups is 1. The van der Waals surface area contributed by atoms with Gasteiger partial charge in [0.2, 0.25) is 5.95 Å². The Morgan fingerprint density at radius 1 is 1.22 bits per heavy atom. The highest BCUT2D eigenvalue weighted by atomic mass is 32.2. The van der Waals surface area contributed by atoms with Gasteiger partial charge in [-0.2, -0.15) is 11.8 Å². The van der Waals surface area contributed by atoms with Gasteiger partial charge in [-0.3, -0.25) is 0 Å². The zero-order chi connectivity index (χ0) is 13.3. The summed E-state index contributed by atoms with van der Waals surface area (Å²) in [5.74, 6) is 0.885. The number of aryl methyl sites for hydroxylation is 2. The molecular weight excluding hydrogens is 244 g/mol. The molecule has 2 heterocycles. The largest absolute Gasteiger partial charge is 0.338 e. The topological polar surface area (TPSA) is 32.3 Å². The number of hydrogen-bond donors (Lipinski definition) is 0. The maximum Gasteiger partial charge on any atom is 0.225 e. The van der Waals surface area contributed by atoms with Crippen LogP contribution in [0.2, 0.25) is 0 Å². The molecule has 0 aromatic carbocycles. The van der Waals surface area contributed by atoms with E-state index in [2.05, 4.69) is 40.1 Å². The van der Waals surface area contributed by atoms with Crippen LogP contribution in [0.25, 0.3) is 0 Å². The Balaban J connectivity index is 2.20. The smallest absolute Gasteiger partial charge is 0.225 e. The summed E-state index contributed by atoms with van der Waals surface area (Å²) in [6.45, 7) is 6.11. The predicted molar refractivity (Wildman–Crippen MR) is 78.5 cm³/mol. The molecule has 0 spiro atoms. The Bertz CT molecular complexity index is 401. The minimum absolute atomic E-state index is 0.574. The van der Waals surface area contributed by atoms with Crippen molar-refractivity contribution in [3.8, 4) is 0 Å². The van der Waals surface area contributed by atoms with Gasteiger partial charge >= 0.3 is 0 Å². The number of aromatic nitrogens is 2. The van der Waals surface area contributed by atoms with Crippen molar-refractivity contribution in [3.05, 3.63) is 17.5 Å². The van der Waals surface area contributed by atoms with E-state index in [1.165, 1.54) is 0 Å². The highest BCUT2D eigenvalue weighted by Gasteiger charge is 2.34. The van der Waals surface area contributed by atoms with E-state index in [1.807, 2.05) is 31.7 Å². The summed E-state index contributed by atoms with van der Waals surface area (Å²) in [6.07, 6.45) is 2.19. The number of rotatable bonds is 3. The molecule has 5 heteroatoms. The van der Waals surface area contributed by atoms with E-state index in [9.17, 15) is 0 Å². The van der Waals surface area contributed by atoms with Crippen LogP contribution >= 0.6 is 11.8 Å². The van der Waals surface area contributed by atoms with Gasteiger partial charge in [0, 0.05) is 35.8 Å². The molecule has 18 heavy (non-hydrogen) atoms. The first kappa shape index (κ1) is 13.6. The number of nitrogens with zero attached hydrogens (tertiary/aromatic N) is 4. The summed E-state index contributed by atoms with van der Waals surface area (Å²) < 4.78 is 0. The van der Waals surface area contributed by atoms with Gasteiger partial charge in [0.15, 0.2) is 0 Å². The number of likely N-dealkylation sites (N-methyl/N-ethyl adjacent to an activating group) is 1. The fourth-order valence-electron chi connectivity index (χ4n) is 2.50. The molecule has 0 amide bonds. The summed E-state index contributed by atoms with van der Waals surface area (Å²) >= 11 is 1.94. The van der Waals surface area contributed by atoms with Crippen molar-refractivity contribution in [1.82, 2.24) is 14.9 Å². The molecular formula is C13H22N4S. The lowest BCUT2D eigenvalue weighted by molar-refractivity contribution is 0.320. The van der Waals surface area contributed by atoms with E-state index in [0.717, 1.165) is 30.4 Å². The minimum Gasteiger partial charge on any atom is -0.338 e. The Hall–Kier alpha value is -0.810. The van der Waals surface area contributed by atoms with E-state index in [1.54, 1.807) is 0 Å². The van der Waals surface area contributed by atoms with Gasteiger partial charge in [0.25, 0.3) is 0 Å². The first-order valence-corrected chi connectivity index (χ1v) is 7.56. The normalized spacial score (nSPS) is 24.0. The third-order valence-electron chi connectivity index (χ3n) is 3.46. The zero-order valence-corrected chi connectivity index (χ0v) is 12.7. The fraction of sp³-hybridized carbons (Fsp3) is 0.692. The standard InChI is InChI=1S/C13H22N4S/c1-9-6-10(2)15-13(14-9)17-7-11(16(3)4)12(8-17)18-5/h6,11-12H,7-8H2,1-5H3/t11-,12+/m0/s1. The Kier molecular flexibility index (Phi) is 4.12. The van der Waals surface area contributed by atoms with Crippen molar-refractivity contribution in [2.45, 2.75) is 25.1 Å². The summed E-state index contributed by atoms with van der Waals surface area (Å²) in [6, 6.07) is 2.60. The van der Waals surface area contributed by atoms with Crippen LogP contribution in [0.4, 0.5) is 5.95 Å². The van der Waals surface area contributed by atoms with E-state index in [0.29, 0.717) is 11.3 Å². The van der Waals surface area contributed by atoms with Gasteiger partial charge in [-0.05, 0) is 40.3 Å². The van der Waals surface area contributed by atoms with Crippen molar-refractivity contribution in [3.63, 3.8) is 0 Å². The van der Waals surface area contributed by atoms with Crippen LogP contribution in [0.15, 0.2) is 6.07 Å². The number of anilines is 1. The molecule has 0 saturated carbocycles. The maximum atomic E-state index is 4.57. The Morgan fingerprint density at radius 3 is 2.28 bits per heavy atom. The van der Waals surface area contributed by atoms with E-state index >= 15 is 0 Å². The molecule has 0 aliphatic carbocycles. The van der Waals surface area contributed by atoms with Gasteiger partial charge in [-0.1, -0.05) is 0 Å². The third kappa shape index (κ3) is 2.78. The second kappa shape index (κ2) is 5.45. The SMILES string of the molecule is CS[C@@H]1CN(c2nc(C)cc(C)n2)C[C@@H]1N(C)C. The first-order valence-electron chi connectivity index (χ1n) is 6.27. The van der Waals surface area contributed by atoms with E-state index in [4.69, 9.17) is 0 Å². The number of hydrogen-bond acceptors (Lipinski definition) is 5. The van der Waals surface area contributed by atoms with Crippen LogP contribution in [0.5, 0.6) is 0 Å². The highest BCUT2D eigenvalue weighted by Crippen LogP contribution is 2.26. The molecule has 0 unspecified atom stereocenters. The van der Waals surface area contributed by atoms with Crippen molar-refractivity contribution < 1.29 is 0 Å². The maximum absolute atomic E-state index is 4.57. The van der Waals surface area contributed by atoms with Crippen molar-refractivity contribution in [2.24, 2.45) is 0 Å². The van der Waals surface area contributed by atoms with Crippen LogP contribution in [0, 0.1) is 13.8 Å². The molecule has 1 saturated heterocycles. The lowest BCUT2D eigenvalue weighted by Gasteiger charge is -2.23. The van der Waals surface area contributed by atoms with Crippen LogP contribution in [-0.4, -0.2) is 59.6 Å². The monoisotopic (exact) mass is 266 g/mol. The molecule has 1 fully saturated rings. The predicted octanol–water partition coefficient (Wildman–Crippen LogP) is 1.58. The average molecular weight is 266 g/mol. The molecule has 4 nitrogen and oxygen atoms in total. The van der Waals surface area contributed by atoms with Crippen molar-refractivity contribution in [1.29, 1.82) is 0 Å². The lowest BCUT2D eigenvalue weighted by Crippen LogP contribution is -2.36. The third-order valence-corrected chi connectivity index (χ3v) is 4.53. The molecule has 2 rings (SSSR count). The quantitative estimate of drug-likeness (QED) is 0.829. The second-order valence-corrected chi connectivity index (χ2v) is 6.24. The highest BCUT2D eigenvalue weighted by molar-refractivity contribution is 7.99. The lowest BCUT2D eigenvalue weighted by atomic mass is 10.2. The molecule has 1 aromatic heterocycles. The summed E-state index contributed by atoms with van der Waals surface area (Å²) in [5, 5.41) is 0.629. The molecule has 100 valence electrons. The molecule has 2 atom stereocenters. The minimum atomic E-state index is 0.574. The van der Waals surface area contributed by atoms with Crippen LogP contribution in [0.1, 0.15) is 11.4 Å². The Labute approximate surface area is 114 Å². The second-order valence-electron chi connectivity index (χ2n) is 5.16. The van der Waals surface area contributed by atoms with Gasteiger partial charge in [0.1, 0.15) is 0 Å². The van der Waals surface area contributed by atoms with E-state index in [-0.39, 0.29) is 0 Å². The molecule has 0 bridgehead atoms. The summed E-state index contributed by atoms with van der Waals surface area (Å²) in [7, 11) is 4.31. The summed E-state index contributed by atoms with van der Waals surface area (Å²) in [4.78, 5) is 13.8. The van der Waals surface area contributed by atoms with Gasteiger partial charge in [-0.15, -0.1) is 0 Å². The zero-order valence-electron chi connectivity index (χ0n) is 11.8. The molecule has 1 aliphatic heterocycles. The average Bonchev–Trinajstić information content (AvgIpc) is 2.71. The van der Waals surface area contributed by atoms with Crippen LogP contribution in [-0.2, 0) is 0 Å². The van der Waals surface area contributed by atoms with Gasteiger partial charge in [-0.25, -0.2) is 9.97 Å². The van der Waals surface area contributed by atoms with Gasteiger partial charge in [0.05, 0.1) is 0 Å². The molecule has 0 N–H and O–H groups in total. The van der Waals surface area contributed by atoms with Crippen molar-refractivity contribution >= 4 is 17.7 Å². The molecule has 0 radical (unpaired) electrons. The van der Waals surface area contributed by atoms with Crippen molar-refractivity contribution in [2.75, 3.05) is 38.3 Å². The Morgan fingerprint density at radius 2 is 1.83 bits per heavy atom. The molecule has 1 aromatic rings. The molecule has 1 aliphatic rings.